The zero-order chi connectivity index (χ0) is 66.9. The van der Waals surface area contributed by atoms with Gasteiger partial charge in [-0.25, -0.2) is 0 Å². The summed E-state index contributed by atoms with van der Waals surface area (Å²) < 4.78 is 18.3. The Hall–Kier alpha value is -11.8. The van der Waals surface area contributed by atoms with Crippen LogP contribution < -0.4 is 19.1 Å². The zero-order valence-electron chi connectivity index (χ0n) is 54.8. The Morgan fingerprint density at radius 1 is 0.310 bits per heavy atom. The van der Waals surface area contributed by atoms with Gasteiger partial charge in [0.25, 0.3) is 0 Å². The normalized spacial score (nSPS) is 16.4. The summed E-state index contributed by atoms with van der Waals surface area (Å²) in [5, 5.41) is 9.79. The van der Waals surface area contributed by atoms with Crippen LogP contribution in [-0.2, 0) is 16.2 Å². The molecular weight excluding hydrogens is 1280 g/mol. The summed E-state index contributed by atoms with van der Waals surface area (Å²) >= 11 is 5.51. The van der Waals surface area contributed by atoms with E-state index in [1.54, 1.807) is 0 Å². The molecule has 3 atom stereocenters. The Morgan fingerprint density at radius 3 is 0.920 bits per heavy atom. The third kappa shape index (κ3) is 9.38. The van der Waals surface area contributed by atoms with Crippen LogP contribution in [0.4, 0.5) is 15.0 Å². The Balaban J connectivity index is 0.861. The molecule has 15 aromatic rings. The van der Waals surface area contributed by atoms with Gasteiger partial charge in [0, 0.05) is 49.9 Å². The van der Waals surface area contributed by atoms with Gasteiger partial charge >= 0.3 is 0 Å². The Morgan fingerprint density at radius 2 is 0.600 bits per heavy atom. The largest absolute Gasteiger partial charge is 0.481 e. The van der Waals surface area contributed by atoms with Crippen molar-refractivity contribution in [2.75, 3.05) is 24.7 Å². The standard InChI is InChI=1S/C90H60N4O3S3/c1-4-7-49-95-67-37-31-58-52-64(34-28-61(58)55-67)88(73-22-13-10-19-70(73)85-76(88)25-16-46-91-85)79-40-43-82(98-79)94(83-44-41-80(99-83)89(74-23-14-11-20-71(74)86-77(89)26-17-47-92-86)65-35-29-62-56-68(96-50-8-5-2)38-32-59(62)53-65)84-45-42-81(100-84)90(75-24-15-12-21-72(75)87-78(90)27-18-48-93-87)66-36-30-63-57-69(97-51-9-6-3)39-33-60(63)54-66/h10-48,52-57H,49-51H2,1-3H3. The van der Waals surface area contributed by atoms with E-state index in [4.69, 9.17) is 29.2 Å². The molecule has 0 saturated carbocycles. The van der Waals surface area contributed by atoms with Crippen molar-refractivity contribution in [2.45, 2.75) is 37.0 Å². The third-order valence-corrected chi connectivity index (χ3v) is 23.7. The van der Waals surface area contributed by atoms with E-state index >= 15 is 0 Å². The van der Waals surface area contributed by atoms with Crippen molar-refractivity contribution in [3.8, 4) is 86.5 Å². The number of rotatable bonds is 15. The smallest absolute Gasteiger partial charge is 0.149 e. The molecule has 0 aliphatic heterocycles. The molecule has 0 amide bonds. The van der Waals surface area contributed by atoms with Crippen LogP contribution >= 0.6 is 34.0 Å². The lowest BCUT2D eigenvalue weighted by Gasteiger charge is -2.33. The minimum absolute atomic E-state index is 0.331. The van der Waals surface area contributed by atoms with Gasteiger partial charge in [-0.2, -0.15) is 0 Å². The van der Waals surface area contributed by atoms with Gasteiger partial charge in [-0.05, 0) is 212 Å². The number of ether oxygens (including phenoxy) is 3. The first-order valence-electron chi connectivity index (χ1n) is 33.4. The van der Waals surface area contributed by atoms with Gasteiger partial charge in [0.15, 0.2) is 0 Å². The maximum atomic E-state index is 6.10. The first kappa shape index (κ1) is 60.6. The lowest BCUT2D eigenvalue weighted by atomic mass is 9.71. The van der Waals surface area contributed by atoms with Crippen molar-refractivity contribution >= 4 is 81.3 Å². The summed E-state index contributed by atoms with van der Waals surface area (Å²) in [4.78, 5) is 21.7. The Bertz CT molecular complexity index is 5300. The number of aromatic nitrogens is 3. The summed E-state index contributed by atoms with van der Waals surface area (Å²) in [6.07, 6.45) is 5.78. The first-order valence-corrected chi connectivity index (χ1v) is 35.8. The first-order chi connectivity index (χ1) is 49.4. The van der Waals surface area contributed by atoms with Crippen LogP contribution in [0.1, 0.15) is 85.5 Å². The molecule has 0 saturated heterocycles. The molecule has 18 rings (SSSR count). The molecule has 476 valence electrons. The van der Waals surface area contributed by atoms with Crippen molar-refractivity contribution in [3.63, 3.8) is 0 Å². The van der Waals surface area contributed by atoms with Crippen molar-refractivity contribution in [2.24, 2.45) is 0 Å². The van der Waals surface area contributed by atoms with Gasteiger partial charge in [-0.1, -0.05) is 163 Å². The van der Waals surface area contributed by atoms with E-state index in [9.17, 15) is 0 Å². The van der Waals surface area contributed by atoms with E-state index in [0.29, 0.717) is 19.8 Å². The van der Waals surface area contributed by atoms with Gasteiger partial charge in [-0.3, -0.25) is 19.9 Å². The summed E-state index contributed by atoms with van der Waals surface area (Å²) in [6.45, 7) is 6.50. The lowest BCUT2D eigenvalue weighted by Crippen LogP contribution is -2.27. The second kappa shape index (κ2) is 24.6. The molecule has 3 unspecified atom stereocenters. The summed E-state index contributed by atoms with van der Waals surface area (Å²) in [6, 6.07) is 93.8. The fourth-order valence-electron chi connectivity index (χ4n) is 15.9. The highest BCUT2D eigenvalue weighted by Crippen LogP contribution is 2.63. The maximum absolute atomic E-state index is 6.10. The maximum Gasteiger partial charge on any atom is 0.149 e. The minimum Gasteiger partial charge on any atom is -0.481 e. The highest BCUT2D eigenvalue weighted by atomic mass is 32.1. The fraction of sp³-hybridized carbons (Fsp3) is 0.100. The zero-order valence-corrected chi connectivity index (χ0v) is 57.3. The molecule has 3 aliphatic carbocycles. The Labute approximate surface area is 592 Å². The monoisotopic (exact) mass is 1340 g/mol. The van der Waals surface area contributed by atoms with Crippen molar-refractivity contribution in [1.29, 1.82) is 0 Å². The number of anilines is 3. The molecule has 100 heavy (non-hydrogen) atoms. The number of benzene rings is 9. The molecule has 0 radical (unpaired) electrons. The number of pyridine rings is 3. The molecule has 10 heteroatoms. The number of hydrogen-bond donors (Lipinski definition) is 0. The van der Waals surface area contributed by atoms with Gasteiger partial charge < -0.3 is 14.2 Å². The molecule has 3 aliphatic rings. The van der Waals surface area contributed by atoms with Crippen LogP contribution in [0.2, 0.25) is 0 Å². The average molecular weight is 1340 g/mol. The fourth-order valence-corrected chi connectivity index (χ4v) is 19.9. The molecule has 0 fully saturated rings. The van der Waals surface area contributed by atoms with E-state index in [0.717, 1.165) is 132 Å². The third-order valence-electron chi connectivity index (χ3n) is 20.1. The quantitative estimate of drug-likeness (QED) is 0.0947. The van der Waals surface area contributed by atoms with Crippen LogP contribution in [0.25, 0.3) is 66.1 Å². The van der Waals surface area contributed by atoms with Crippen LogP contribution in [0.5, 0.6) is 17.2 Å². The Kier molecular flexibility index (Phi) is 14.9. The summed E-state index contributed by atoms with van der Waals surface area (Å²) in [7, 11) is 0. The predicted octanol–water partition coefficient (Wildman–Crippen LogP) is 21.3. The van der Waals surface area contributed by atoms with Crippen LogP contribution in [0.3, 0.4) is 0 Å². The summed E-state index contributed by atoms with van der Waals surface area (Å²) in [5.41, 5.74) is 14.5. The van der Waals surface area contributed by atoms with E-state index in [1.165, 1.54) is 31.3 Å². The molecule has 0 spiro atoms. The van der Waals surface area contributed by atoms with E-state index < -0.39 is 16.2 Å². The molecular formula is C90H60N4O3S3. The minimum atomic E-state index is -0.752. The van der Waals surface area contributed by atoms with E-state index in [2.05, 4.69) is 295 Å². The van der Waals surface area contributed by atoms with E-state index in [1.807, 2.05) is 73.4 Å². The average Bonchev–Trinajstić information content (AvgIpc) is 1.55. The molecule has 9 aromatic carbocycles. The van der Waals surface area contributed by atoms with Gasteiger partial charge in [0.1, 0.15) is 52.1 Å². The number of hydrogen-bond acceptors (Lipinski definition) is 10. The molecule has 0 bridgehead atoms. The molecule has 7 nitrogen and oxygen atoms in total. The highest BCUT2D eigenvalue weighted by Gasteiger charge is 2.52. The number of thiophene rings is 3. The summed E-state index contributed by atoms with van der Waals surface area (Å²) in [5.74, 6) is 20.4. The van der Waals surface area contributed by atoms with Gasteiger partial charge in [0.05, 0.1) is 33.3 Å². The molecule has 6 aromatic heterocycles. The van der Waals surface area contributed by atoms with Crippen LogP contribution in [-0.4, -0.2) is 34.8 Å². The second-order valence-corrected chi connectivity index (χ2v) is 28.3. The van der Waals surface area contributed by atoms with Crippen LogP contribution in [0, 0.1) is 35.5 Å². The van der Waals surface area contributed by atoms with Gasteiger partial charge in [-0.15, -0.1) is 51.8 Å². The topological polar surface area (TPSA) is 69.6 Å². The van der Waals surface area contributed by atoms with Gasteiger partial charge in [0.2, 0.25) is 0 Å². The number of fused-ring (bicyclic) bond motifs is 12. The van der Waals surface area contributed by atoms with E-state index in [-0.39, 0.29) is 0 Å². The highest BCUT2D eigenvalue weighted by molar-refractivity contribution is 7.21. The predicted molar refractivity (Wildman–Crippen MR) is 409 cm³/mol. The van der Waals surface area contributed by atoms with Crippen molar-refractivity contribution in [3.05, 3.63) is 338 Å². The molecule has 6 heterocycles. The SMILES string of the molecule is CC#CCOc1ccc2cc(C3(c4ccc(N(c5ccc(C6(c7ccc8cc(OCC#CC)ccc8c7)c7ccccc7-c7ncccc76)s5)c5ccc(C6(c7ccc8cc(OCC#CC)ccc8c7)c7ccccc7-c7ncccc76)s5)s4)c4ccccc4-c4ncccc43)ccc2c1. The molecule has 0 N–H and O–H groups in total. The van der Waals surface area contributed by atoms with Crippen molar-refractivity contribution in [1.82, 2.24) is 15.0 Å². The van der Waals surface area contributed by atoms with Crippen molar-refractivity contribution < 1.29 is 14.2 Å². The lowest BCUT2D eigenvalue weighted by molar-refractivity contribution is 0.370. The number of nitrogens with zero attached hydrogens (tertiary/aromatic N) is 4. The van der Waals surface area contributed by atoms with Crippen LogP contribution in [0.15, 0.2) is 273 Å². The second-order valence-electron chi connectivity index (χ2n) is 25.2.